The third-order valence-electron chi connectivity index (χ3n) is 0.0778. The Labute approximate surface area is 99.4 Å². The van der Waals surface area contributed by atoms with Crippen molar-refractivity contribution in [2.45, 2.75) is 0 Å². The first-order valence-corrected chi connectivity index (χ1v) is 6.11. The van der Waals surface area contributed by atoms with Crippen LogP contribution in [0.3, 0.4) is 0 Å². The predicted octanol–water partition coefficient (Wildman–Crippen LogP) is -3.03. The van der Waals surface area contributed by atoms with Crippen LogP contribution >= 0.6 is 6.29 Å². The molecule has 0 aliphatic carbocycles. The first-order chi connectivity index (χ1) is 2.56. The molecule has 0 unspecified atom stereocenters. The maximum absolute atomic E-state index is 9.65. The van der Waals surface area contributed by atoms with Gasteiger partial charge in [0.15, 0.2) is 0 Å². The van der Waals surface area contributed by atoms with Crippen molar-refractivity contribution in [1.29, 1.82) is 0 Å². The second-order valence-corrected chi connectivity index (χ2v) is 6.53. The van der Waals surface area contributed by atoms with Gasteiger partial charge in [-0.2, -0.15) is 0 Å². The Kier molecular flexibility index (Phi) is 26.5. The Hall–Kier alpha value is 2.58. The molecule has 9 heavy (non-hydrogen) atoms. The molecule has 0 radical (unpaired) electrons. The van der Waals surface area contributed by atoms with Gasteiger partial charge in [0, 0.05) is 0 Å². The summed E-state index contributed by atoms with van der Waals surface area (Å²) in [5.41, 5.74) is 0. The summed E-state index contributed by atoms with van der Waals surface area (Å²) in [4.78, 5) is 15.8. The molecule has 0 saturated heterocycles. The molecular formula is H8BeCaFeMnO4P. The molecule has 0 aromatic rings. The SMILES string of the molecule is O.O=[P](O)(O)[Mn][Fe].[BeH2].[CaH2]. The van der Waals surface area contributed by atoms with Crippen molar-refractivity contribution in [2.24, 2.45) is 0 Å². The van der Waals surface area contributed by atoms with Crippen LogP contribution in [0.25, 0.3) is 0 Å². The molecular weight excluding hydrogens is 255 g/mol. The third-order valence-corrected chi connectivity index (χ3v) is 3.97. The summed E-state index contributed by atoms with van der Waals surface area (Å²) in [7, 11) is 0. The van der Waals surface area contributed by atoms with E-state index in [1.54, 1.807) is 0 Å². The molecule has 0 spiro atoms. The Morgan fingerprint density at radius 3 is 1.56 bits per heavy atom. The predicted molar refractivity (Wildman–Crippen MR) is 32.7 cm³/mol. The topological polar surface area (TPSA) is 89.0 Å². The molecule has 56 valence electrons. The van der Waals surface area contributed by atoms with E-state index >= 15 is 0 Å². The van der Waals surface area contributed by atoms with Gasteiger partial charge in [-0.3, -0.25) is 0 Å². The van der Waals surface area contributed by atoms with Gasteiger partial charge >= 0.3 is 95.4 Å². The molecule has 0 aliphatic heterocycles. The second kappa shape index (κ2) is 10.6. The molecule has 0 aromatic heterocycles. The summed E-state index contributed by atoms with van der Waals surface area (Å²) in [6.45, 7) is 0. The number of rotatable bonds is 1. The summed E-state index contributed by atoms with van der Waals surface area (Å²) in [5, 5.41) is 0. The van der Waals surface area contributed by atoms with Gasteiger partial charge in [-0.15, -0.1) is 0 Å². The van der Waals surface area contributed by atoms with Crippen LogP contribution in [-0.4, -0.2) is 63.1 Å². The van der Waals surface area contributed by atoms with E-state index in [0.717, 1.165) is 0 Å². The third kappa shape index (κ3) is 25.0. The van der Waals surface area contributed by atoms with Crippen molar-refractivity contribution in [3.05, 3.63) is 0 Å². The molecule has 0 amide bonds. The monoisotopic (exact) mass is 263 g/mol. The zero-order chi connectivity index (χ0) is 5.21. The van der Waals surface area contributed by atoms with Gasteiger partial charge in [0.05, 0.1) is 0 Å². The van der Waals surface area contributed by atoms with Crippen LogP contribution in [0.2, 0.25) is 0 Å². The van der Waals surface area contributed by atoms with E-state index in [4.69, 9.17) is 9.79 Å². The first kappa shape index (κ1) is 22.6. The zero-order valence-electron chi connectivity index (χ0n) is 2.98. The summed E-state index contributed by atoms with van der Waals surface area (Å²) in [6.07, 6.45) is -3.73. The van der Waals surface area contributed by atoms with Crippen LogP contribution in [0.15, 0.2) is 0 Å². The van der Waals surface area contributed by atoms with Gasteiger partial charge in [0.2, 0.25) is 0 Å². The first-order valence-electron chi connectivity index (χ1n) is 0.885. The van der Waals surface area contributed by atoms with Crippen LogP contribution in [0.4, 0.5) is 0 Å². The molecule has 0 saturated carbocycles. The fraction of sp³-hybridized carbons (Fsp3) is 0. The molecule has 0 atom stereocenters. The normalized spacial score (nSPS) is 7.89. The summed E-state index contributed by atoms with van der Waals surface area (Å²) >= 11 is 2.48. The Morgan fingerprint density at radius 2 is 1.56 bits per heavy atom. The van der Waals surface area contributed by atoms with Gasteiger partial charge in [0.25, 0.3) is 0 Å². The van der Waals surface area contributed by atoms with E-state index in [-0.39, 0.29) is 53.3 Å². The molecule has 0 aromatic carbocycles. The van der Waals surface area contributed by atoms with Gasteiger partial charge in [0.1, 0.15) is 0 Å². The van der Waals surface area contributed by atoms with E-state index in [1.807, 2.05) is 0 Å². The summed E-state index contributed by atoms with van der Waals surface area (Å²) < 4.78 is 9.65. The quantitative estimate of drug-likeness (QED) is 0.389. The molecule has 0 aliphatic rings. The van der Waals surface area contributed by atoms with Crippen molar-refractivity contribution in [1.82, 2.24) is 0 Å². The minimum atomic E-state index is -3.73. The van der Waals surface area contributed by atoms with Crippen molar-refractivity contribution in [2.75, 3.05) is 0 Å². The standard InChI is InChI=1S/Be.Ca.Fe.Mn.HO3P.H2O.4H/c;;;;1-4(2)3;;;;;/h;;;;(H-,1,2,3);1H2;;;;/q;;;-1;;;;;;/p+1. The van der Waals surface area contributed by atoms with Crippen LogP contribution in [0.5, 0.6) is 0 Å². The molecule has 0 bridgehead atoms. The van der Waals surface area contributed by atoms with Crippen LogP contribution in [-0.2, 0) is 31.4 Å². The van der Waals surface area contributed by atoms with Gasteiger partial charge in [-0.25, -0.2) is 0 Å². The van der Waals surface area contributed by atoms with Crippen molar-refractivity contribution in [3.8, 4) is 0 Å². The Morgan fingerprint density at radius 1 is 1.44 bits per heavy atom. The van der Waals surface area contributed by atoms with E-state index in [9.17, 15) is 4.57 Å². The van der Waals surface area contributed by atoms with Crippen LogP contribution in [0, 0.1) is 0 Å². The molecule has 0 rings (SSSR count). The second-order valence-electron chi connectivity index (χ2n) is 0.533. The van der Waals surface area contributed by atoms with E-state index in [0.29, 0.717) is 0 Å². The minimum absolute atomic E-state index is 0. The Balaban J connectivity index is -0.0000000417. The molecule has 0 fully saturated rings. The van der Waals surface area contributed by atoms with Gasteiger partial charge in [-0.05, 0) is 0 Å². The fourth-order valence-corrected chi connectivity index (χ4v) is 0. The summed E-state index contributed by atoms with van der Waals surface area (Å²) in [6, 6.07) is 0. The van der Waals surface area contributed by atoms with Crippen molar-refractivity contribution >= 4 is 54.1 Å². The average Bonchev–Trinajstić information content (AvgIpc) is 1.35. The molecule has 4 nitrogen and oxygen atoms in total. The molecule has 4 N–H and O–H groups in total. The zero-order valence-corrected chi connectivity index (χ0v) is 6.16. The summed E-state index contributed by atoms with van der Waals surface area (Å²) in [5.74, 6) is 0. The van der Waals surface area contributed by atoms with E-state index < -0.39 is 19.0 Å². The molecule has 9 heteroatoms. The molecule has 0 heterocycles. The van der Waals surface area contributed by atoms with Crippen molar-refractivity contribution < 1.29 is 46.7 Å². The van der Waals surface area contributed by atoms with Crippen LogP contribution < -0.4 is 0 Å². The van der Waals surface area contributed by atoms with E-state index in [2.05, 4.69) is 14.2 Å². The van der Waals surface area contributed by atoms with E-state index in [1.165, 1.54) is 0 Å². The fourth-order valence-electron chi connectivity index (χ4n) is 0. The van der Waals surface area contributed by atoms with Gasteiger partial charge < -0.3 is 5.48 Å². The van der Waals surface area contributed by atoms with Crippen LogP contribution in [0.1, 0.15) is 0 Å². The van der Waals surface area contributed by atoms with Crippen molar-refractivity contribution in [3.63, 3.8) is 0 Å². The number of hydrogen-bond donors (Lipinski definition) is 2. The maximum atomic E-state index is 9.65. The van der Waals surface area contributed by atoms with Gasteiger partial charge in [-0.1, -0.05) is 0 Å². The Bertz CT molecular complexity index is 84.6. The number of hydrogen-bond acceptors (Lipinski definition) is 1. The average molecular weight is 263 g/mol.